The van der Waals surface area contributed by atoms with Gasteiger partial charge in [-0.3, -0.25) is 4.21 Å². The summed E-state index contributed by atoms with van der Waals surface area (Å²) in [5, 5.41) is 8.64. The molecule has 2 aromatic rings. The Labute approximate surface area is 119 Å². The van der Waals surface area contributed by atoms with E-state index in [1.54, 1.807) is 0 Å². The van der Waals surface area contributed by atoms with Crippen LogP contribution in [0.3, 0.4) is 0 Å². The number of carboxylic acids is 1. The van der Waals surface area contributed by atoms with Crippen LogP contribution in [0.5, 0.6) is 0 Å². The number of aromatic carboxylic acids is 1. The summed E-state index contributed by atoms with van der Waals surface area (Å²) in [5.41, 5.74) is -0.363. The average molecular weight is 318 g/mol. The van der Waals surface area contributed by atoms with Crippen LogP contribution in [0.1, 0.15) is 21.7 Å². The van der Waals surface area contributed by atoms with Crippen LogP contribution >= 0.6 is 0 Å². The third-order valence-corrected chi connectivity index (χ3v) is 3.86. The van der Waals surface area contributed by atoms with Crippen molar-refractivity contribution in [1.82, 2.24) is 0 Å². The molecule has 2 rings (SSSR count). The highest BCUT2D eigenvalue weighted by molar-refractivity contribution is 7.84. The van der Waals surface area contributed by atoms with E-state index in [9.17, 15) is 22.2 Å². The molecule has 4 nitrogen and oxygen atoms in total. The predicted molar refractivity (Wildman–Crippen MR) is 67.2 cm³/mol. The summed E-state index contributed by atoms with van der Waals surface area (Å²) in [6, 6.07) is 6.68. The van der Waals surface area contributed by atoms with Gasteiger partial charge in [-0.1, -0.05) is 12.1 Å². The molecule has 1 heterocycles. The Morgan fingerprint density at radius 3 is 2.24 bits per heavy atom. The van der Waals surface area contributed by atoms with Crippen molar-refractivity contribution in [2.75, 3.05) is 0 Å². The van der Waals surface area contributed by atoms with Crippen LogP contribution in [0.25, 0.3) is 0 Å². The minimum absolute atomic E-state index is 0.0349. The molecule has 1 atom stereocenters. The van der Waals surface area contributed by atoms with Gasteiger partial charge in [0.25, 0.3) is 0 Å². The van der Waals surface area contributed by atoms with Crippen LogP contribution in [0.4, 0.5) is 13.2 Å². The first kappa shape index (κ1) is 15.3. The summed E-state index contributed by atoms with van der Waals surface area (Å²) in [4.78, 5) is 10.6. The van der Waals surface area contributed by atoms with Gasteiger partial charge in [-0.25, -0.2) is 4.79 Å². The van der Waals surface area contributed by atoms with Gasteiger partial charge in [-0.2, -0.15) is 13.2 Å². The van der Waals surface area contributed by atoms with Crippen LogP contribution in [0.15, 0.2) is 45.9 Å². The minimum atomic E-state index is -4.42. The third kappa shape index (κ3) is 3.72. The number of carboxylic acid groups (broad SMARTS) is 1. The van der Waals surface area contributed by atoms with Crippen LogP contribution in [-0.4, -0.2) is 15.3 Å². The maximum Gasteiger partial charge on any atom is 0.416 e. The molecule has 0 aliphatic rings. The van der Waals surface area contributed by atoms with E-state index in [0.29, 0.717) is 5.56 Å². The molecule has 0 amide bonds. The summed E-state index contributed by atoms with van der Waals surface area (Å²) in [7, 11) is -1.67. The molecule has 1 aromatic carbocycles. The summed E-state index contributed by atoms with van der Waals surface area (Å²) in [6.07, 6.45) is -4.42. The van der Waals surface area contributed by atoms with E-state index in [1.807, 2.05) is 0 Å². The van der Waals surface area contributed by atoms with Crippen molar-refractivity contribution in [2.45, 2.75) is 17.0 Å². The van der Waals surface area contributed by atoms with Gasteiger partial charge in [-0.15, -0.1) is 0 Å². The molecule has 0 radical (unpaired) electrons. The molecule has 0 aliphatic heterocycles. The van der Waals surface area contributed by atoms with E-state index in [1.165, 1.54) is 24.3 Å². The number of alkyl halides is 3. The average Bonchev–Trinajstić information content (AvgIpc) is 2.88. The van der Waals surface area contributed by atoms with Crippen LogP contribution in [-0.2, 0) is 22.7 Å². The van der Waals surface area contributed by atoms with Gasteiger partial charge in [-0.05, 0) is 29.8 Å². The lowest BCUT2D eigenvalue weighted by Crippen LogP contribution is -2.05. The van der Waals surface area contributed by atoms with E-state index in [2.05, 4.69) is 0 Å². The van der Waals surface area contributed by atoms with Gasteiger partial charge in [0.15, 0.2) is 5.09 Å². The lowest BCUT2D eigenvalue weighted by atomic mass is 10.1. The fourth-order valence-electron chi connectivity index (χ4n) is 1.57. The molecule has 112 valence electrons. The zero-order valence-electron chi connectivity index (χ0n) is 10.4. The molecular formula is C13H9F3O4S. The first-order valence-corrected chi connectivity index (χ1v) is 6.97. The van der Waals surface area contributed by atoms with Crippen molar-refractivity contribution < 1.29 is 31.7 Å². The predicted octanol–water partition coefficient (Wildman–Crippen LogP) is 3.30. The Hall–Kier alpha value is -2.09. The lowest BCUT2D eigenvalue weighted by Gasteiger charge is -2.07. The van der Waals surface area contributed by atoms with E-state index < -0.39 is 28.5 Å². The Morgan fingerprint density at radius 2 is 1.76 bits per heavy atom. The Morgan fingerprint density at radius 1 is 1.14 bits per heavy atom. The second-order valence-electron chi connectivity index (χ2n) is 4.11. The second kappa shape index (κ2) is 5.72. The standard InChI is InChI=1S/C13H9F3O4S/c14-13(15,16)9-3-1-8(2-4-9)7-21(19)11-6-5-10(20-11)12(17)18/h1-6H,7H2,(H,17,18). The van der Waals surface area contributed by atoms with Gasteiger partial charge in [0.05, 0.1) is 22.1 Å². The van der Waals surface area contributed by atoms with E-state index >= 15 is 0 Å². The van der Waals surface area contributed by atoms with Crippen molar-refractivity contribution in [3.63, 3.8) is 0 Å². The van der Waals surface area contributed by atoms with Gasteiger partial charge in [0.2, 0.25) is 5.76 Å². The van der Waals surface area contributed by atoms with Crippen LogP contribution in [0.2, 0.25) is 0 Å². The summed E-state index contributed by atoms with van der Waals surface area (Å²) in [5.74, 6) is -1.69. The zero-order valence-corrected chi connectivity index (χ0v) is 11.2. The van der Waals surface area contributed by atoms with Gasteiger partial charge >= 0.3 is 12.1 Å². The molecule has 0 aliphatic carbocycles. The number of carbonyl (C=O) groups is 1. The van der Waals surface area contributed by atoms with Crippen LogP contribution < -0.4 is 0 Å². The molecule has 0 fully saturated rings. The topological polar surface area (TPSA) is 67.5 Å². The number of rotatable bonds is 4. The second-order valence-corrected chi connectivity index (χ2v) is 5.49. The molecule has 0 saturated carbocycles. The molecule has 0 bridgehead atoms. The number of furan rings is 1. The number of hydrogen-bond acceptors (Lipinski definition) is 3. The maximum atomic E-state index is 12.4. The quantitative estimate of drug-likeness (QED) is 0.939. The number of halogens is 3. The van der Waals surface area contributed by atoms with E-state index in [4.69, 9.17) is 9.52 Å². The Kier molecular flexibility index (Phi) is 4.17. The van der Waals surface area contributed by atoms with Gasteiger partial charge in [0.1, 0.15) is 0 Å². The SMILES string of the molecule is O=C(O)c1ccc(S(=O)Cc2ccc(C(F)(F)F)cc2)o1. The number of hydrogen-bond donors (Lipinski definition) is 1. The first-order chi connectivity index (χ1) is 9.77. The summed E-state index contributed by atoms with van der Waals surface area (Å²) >= 11 is 0. The molecule has 1 aromatic heterocycles. The summed E-state index contributed by atoms with van der Waals surface area (Å²) < 4.78 is 54.0. The minimum Gasteiger partial charge on any atom is -0.475 e. The molecule has 1 unspecified atom stereocenters. The first-order valence-electron chi connectivity index (χ1n) is 5.65. The fraction of sp³-hybridized carbons (Fsp3) is 0.154. The largest absolute Gasteiger partial charge is 0.475 e. The zero-order chi connectivity index (χ0) is 15.6. The third-order valence-electron chi connectivity index (χ3n) is 2.60. The molecule has 1 N–H and O–H groups in total. The molecule has 0 saturated heterocycles. The van der Waals surface area contributed by atoms with Gasteiger partial charge < -0.3 is 9.52 Å². The smallest absolute Gasteiger partial charge is 0.416 e. The highest BCUT2D eigenvalue weighted by Gasteiger charge is 2.30. The fourth-order valence-corrected chi connectivity index (χ4v) is 2.61. The highest BCUT2D eigenvalue weighted by Crippen LogP contribution is 2.29. The van der Waals surface area contributed by atoms with Crippen molar-refractivity contribution in [3.8, 4) is 0 Å². The summed E-state index contributed by atoms with van der Waals surface area (Å²) in [6.45, 7) is 0. The van der Waals surface area contributed by atoms with E-state index in [0.717, 1.165) is 12.1 Å². The number of benzene rings is 1. The molecule has 8 heteroatoms. The molecule has 0 spiro atoms. The normalized spacial score (nSPS) is 13.1. The van der Waals surface area contributed by atoms with Crippen LogP contribution in [0, 0.1) is 0 Å². The lowest BCUT2D eigenvalue weighted by molar-refractivity contribution is -0.137. The molecular weight excluding hydrogens is 309 g/mol. The van der Waals surface area contributed by atoms with E-state index in [-0.39, 0.29) is 16.6 Å². The Balaban J connectivity index is 2.10. The van der Waals surface area contributed by atoms with Crippen molar-refractivity contribution >= 4 is 16.8 Å². The van der Waals surface area contributed by atoms with Crippen molar-refractivity contribution in [3.05, 3.63) is 53.3 Å². The van der Waals surface area contributed by atoms with Gasteiger partial charge in [0, 0.05) is 0 Å². The van der Waals surface area contributed by atoms with Crippen molar-refractivity contribution in [1.29, 1.82) is 0 Å². The Bertz CT molecular complexity index is 673. The maximum absolute atomic E-state index is 12.4. The highest BCUT2D eigenvalue weighted by atomic mass is 32.2. The monoisotopic (exact) mass is 318 g/mol. The molecule has 21 heavy (non-hydrogen) atoms. The van der Waals surface area contributed by atoms with Crippen molar-refractivity contribution in [2.24, 2.45) is 0 Å².